The second-order valence-electron chi connectivity index (χ2n) is 5.87. The summed E-state index contributed by atoms with van der Waals surface area (Å²) in [7, 11) is 0. The number of hydrogen-bond acceptors (Lipinski definition) is 4. The zero-order valence-electron chi connectivity index (χ0n) is 12.1. The molecule has 2 aliphatic rings. The maximum atomic E-state index is 6.14. The van der Waals surface area contributed by atoms with Crippen molar-refractivity contribution in [2.75, 3.05) is 26.4 Å². The number of fused-ring (bicyclic) bond motifs is 1. The van der Waals surface area contributed by atoms with Gasteiger partial charge in [-0.05, 0) is 18.6 Å². The Balaban J connectivity index is 1.57. The molecule has 2 heterocycles. The van der Waals surface area contributed by atoms with Crippen LogP contribution in [0.5, 0.6) is 5.75 Å². The molecule has 1 unspecified atom stereocenters. The minimum absolute atomic E-state index is 0.109. The Bertz CT molecular complexity index is 469. The van der Waals surface area contributed by atoms with E-state index < -0.39 is 0 Å². The van der Waals surface area contributed by atoms with Crippen molar-refractivity contribution < 1.29 is 14.2 Å². The molecule has 0 bridgehead atoms. The van der Waals surface area contributed by atoms with Gasteiger partial charge in [-0.1, -0.05) is 17.7 Å². The van der Waals surface area contributed by atoms with Gasteiger partial charge in [-0.15, -0.1) is 0 Å². The Morgan fingerprint density at radius 2 is 2.15 bits per heavy atom. The molecule has 1 aromatic rings. The van der Waals surface area contributed by atoms with Crippen LogP contribution in [-0.4, -0.2) is 38.1 Å². The zero-order chi connectivity index (χ0) is 14.0. The number of rotatable bonds is 4. The first-order chi connectivity index (χ1) is 9.71. The summed E-state index contributed by atoms with van der Waals surface area (Å²) in [6.07, 6.45) is 2.79. The normalized spacial score (nSPS) is 24.2. The maximum Gasteiger partial charge on any atom is 0.126 e. The van der Waals surface area contributed by atoms with Gasteiger partial charge in [0.05, 0.1) is 12.2 Å². The van der Waals surface area contributed by atoms with Gasteiger partial charge in [0, 0.05) is 39.0 Å². The van der Waals surface area contributed by atoms with E-state index in [1.165, 1.54) is 11.1 Å². The van der Waals surface area contributed by atoms with Crippen molar-refractivity contribution in [2.45, 2.75) is 37.9 Å². The molecule has 2 N–H and O–H groups in total. The van der Waals surface area contributed by atoms with E-state index in [-0.39, 0.29) is 11.7 Å². The van der Waals surface area contributed by atoms with Gasteiger partial charge in [0.2, 0.25) is 0 Å². The summed E-state index contributed by atoms with van der Waals surface area (Å²) in [6, 6.07) is 6.34. The summed E-state index contributed by atoms with van der Waals surface area (Å²) in [5.74, 6) is 0.998. The van der Waals surface area contributed by atoms with Gasteiger partial charge in [0.25, 0.3) is 0 Å². The van der Waals surface area contributed by atoms with E-state index in [2.05, 4.69) is 25.1 Å². The van der Waals surface area contributed by atoms with Crippen molar-refractivity contribution >= 4 is 0 Å². The maximum absolute atomic E-state index is 6.14. The van der Waals surface area contributed by atoms with E-state index in [1.54, 1.807) is 0 Å². The molecular formula is C16H23NO3. The minimum Gasteiger partial charge on any atom is -0.487 e. The molecular weight excluding hydrogens is 254 g/mol. The van der Waals surface area contributed by atoms with E-state index in [1.807, 2.05) is 0 Å². The Hall–Kier alpha value is -1.10. The van der Waals surface area contributed by atoms with Crippen LogP contribution in [0.4, 0.5) is 0 Å². The molecule has 0 saturated carbocycles. The van der Waals surface area contributed by atoms with Gasteiger partial charge in [-0.2, -0.15) is 0 Å². The summed E-state index contributed by atoms with van der Waals surface area (Å²) in [4.78, 5) is 0. The molecule has 0 spiro atoms. The zero-order valence-corrected chi connectivity index (χ0v) is 12.1. The lowest BCUT2D eigenvalue weighted by Gasteiger charge is -2.36. The average molecular weight is 277 g/mol. The molecule has 1 aromatic carbocycles. The van der Waals surface area contributed by atoms with Crippen LogP contribution in [0.1, 0.15) is 24.0 Å². The van der Waals surface area contributed by atoms with E-state index >= 15 is 0 Å². The monoisotopic (exact) mass is 277 g/mol. The third-order valence-corrected chi connectivity index (χ3v) is 4.31. The third-order valence-electron chi connectivity index (χ3n) is 4.31. The van der Waals surface area contributed by atoms with Gasteiger partial charge >= 0.3 is 0 Å². The fourth-order valence-electron chi connectivity index (χ4n) is 2.96. The fourth-order valence-corrected chi connectivity index (χ4v) is 2.96. The first kappa shape index (κ1) is 13.9. The molecule has 4 heteroatoms. The van der Waals surface area contributed by atoms with Crippen LogP contribution in [0, 0.1) is 6.92 Å². The molecule has 1 atom stereocenters. The molecule has 110 valence electrons. The number of ether oxygens (including phenoxy) is 3. The number of nitrogens with two attached hydrogens (primary N) is 1. The van der Waals surface area contributed by atoms with E-state index in [0.717, 1.165) is 38.2 Å². The van der Waals surface area contributed by atoms with Crippen LogP contribution in [0.3, 0.4) is 0 Å². The van der Waals surface area contributed by atoms with Crippen molar-refractivity contribution in [1.29, 1.82) is 0 Å². The van der Waals surface area contributed by atoms with Gasteiger partial charge in [0.15, 0.2) is 0 Å². The minimum atomic E-state index is -0.216. The highest BCUT2D eigenvalue weighted by Crippen LogP contribution is 2.31. The van der Waals surface area contributed by atoms with Crippen LogP contribution in [0.2, 0.25) is 0 Å². The molecule has 1 fully saturated rings. The highest BCUT2D eigenvalue weighted by atomic mass is 16.6. The predicted molar refractivity (Wildman–Crippen MR) is 77.1 cm³/mol. The lowest BCUT2D eigenvalue weighted by Crippen LogP contribution is -2.47. The van der Waals surface area contributed by atoms with E-state index in [4.69, 9.17) is 19.9 Å². The van der Waals surface area contributed by atoms with Crippen molar-refractivity contribution in [3.63, 3.8) is 0 Å². The summed E-state index contributed by atoms with van der Waals surface area (Å²) >= 11 is 0. The van der Waals surface area contributed by atoms with Gasteiger partial charge in [-0.25, -0.2) is 0 Å². The first-order valence-electron chi connectivity index (χ1n) is 7.39. The van der Waals surface area contributed by atoms with Crippen LogP contribution in [0.25, 0.3) is 0 Å². The molecule has 0 aromatic heterocycles. The first-order valence-corrected chi connectivity index (χ1v) is 7.39. The third kappa shape index (κ3) is 2.82. The predicted octanol–water partition coefficient (Wildman–Crippen LogP) is 1.82. The van der Waals surface area contributed by atoms with Crippen molar-refractivity contribution in [3.8, 4) is 5.75 Å². The Kier molecular flexibility index (Phi) is 3.96. The molecule has 0 amide bonds. The highest BCUT2D eigenvalue weighted by molar-refractivity contribution is 5.40. The molecule has 0 radical (unpaired) electrons. The van der Waals surface area contributed by atoms with Gasteiger partial charge in [-0.3, -0.25) is 0 Å². The van der Waals surface area contributed by atoms with Gasteiger partial charge in [0.1, 0.15) is 11.9 Å². The fraction of sp³-hybridized carbons (Fsp3) is 0.625. The largest absolute Gasteiger partial charge is 0.487 e. The Labute approximate surface area is 120 Å². The summed E-state index contributed by atoms with van der Waals surface area (Å²) < 4.78 is 17.5. The Morgan fingerprint density at radius 3 is 2.90 bits per heavy atom. The summed E-state index contributed by atoms with van der Waals surface area (Å²) in [5, 5.41) is 0. The lowest BCUT2D eigenvalue weighted by atomic mass is 9.94. The lowest BCUT2D eigenvalue weighted by molar-refractivity contribution is -0.119. The van der Waals surface area contributed by atoms with Crippen molar-refractivity contribution in [3.05, 3.63) is 29.3 Å². The summed E-state index contributed by atoms with van der Waals surface area (Å²) in [5.41, 5.74) is 8.25. The number of aryl methyl sites for hydroxylation is 1. The van der Waals surface area contributed by atoms with Gasteiger partial charge < -0.3 is 19.9 Å². The second-order valence-corrected chi connectivity index (χ2v) is 5.87. The van der Waals surface area contributed by atoms with E-state index in [0.29, 0.717) is 13.2 Å². The van der Waals surface area contributed by atoms with Crippen LogP contribution in [0.15, 0.2) is 18.2 Å². The smallest absolute Gasteiger partial charge is 0.126 e. The van der Waals surface area contributed by atoms with Crippen molar-refractivity contribution in [2.24, 2.45) is 5.73 Å². The standard InChI is InChI=1S/C16H23NO3/c1-12-2-3-15-13(8-12)9-14(20-15)10-19-16(11-17)4-6-18-7-5-16/h2-3,8,14H,4-7,9-11,17H2,1H3. The SMILES string of the molecule is Cc1ccc2c(c1)CC(COC1(CN)CCOCC1)O2. The number of benzene rings is 1. The molecule has 1 saturated heterocycles. The van der Waals surface area contributed by atoms with E-state index in [9.17, 15) is 0 Å². The molecule has 2 aliphatic heterocycles. The van der Waals surface area contributed by atoms with Crippen LogP contribution < -0.4 is 10.5 Å². The molecule has 4 nitrogen and oxygen atoms in total. The molecule has 20 heavy (non-hydrogen) atoms. The van der Waals surface area contributed by atoms with Crippen LogP contribution in [-0.2, 0) is 15.9 Å². The highest BCUT2D eigenvalue weighted by Gasteiger charge is 2.34. The topological polar surface area (TPSA) is 53.7 Å². The average Bonchev–Trinajstić information content (AvgIpc) is 2.88. The molecule has 3 rings (SSSR count). The van der Waals surface area contributed by atoms with Crippen molar-refractivity contribution in [1.82, 2.24) is 0 Å². The summed E-state index contributed by atoms with van der Waals surface area (Å²) in [6.45, 7) is 4.74. The Morgan fingerprint density at radius 1 is 1.35 bits per heavy atom. The van der Waals surface area contributed by atoms with Crippen LogP contribution >= 0.6 is 0 Å². The molecule has 0 aliphatic carbocycles. The number of hydrogen-bond donors (Lipinski definition) is 1. The second kappa shape index (κ2) is 5.72. The quantitative estimate of drug-likeness (QED) is 0.912.